The molecule has 19 heavy (non-hydrogen) atoms. The number of hydrogen-bond donors (Lipinski definition) is 2. The van der Waals surface area contributed by atoms with E-state index in [1.54, 1.807) is 0 Å². The van der Waals surface area contributed by atoms with Crippen molar-refractivity contribution >= 4 is 11.9 Å². The standard InChI is InChI=1S/C14H23NO4/c1-10-4-6-14(7-5-10,13(17)18)9-15-12(16)11-3-2-8-19-11/h10-11H,2-9H2,1H3,(H,15,16)(H,17,18)/t10?,11-,14?/m1/s1. The number of rotatable bonds is 4. The van der Waals surface area contributed by atoms with Gasteiger partial charge in [-0.05, 0) is 44.4 Å². The normalized spacial score (nSPS) is 35.0. The van der Waals surface area contributed by atoms with Crippen LogP contribution in [0.5, 0.6) is 0 Å². The third-order valence-electron chi connectivity index (χ3n) is 4.51. The minimum absolute atomic E-state index is 0.156. The average Bonchev–Trinajstić information content (AvgIpc) is 2.92. The molecule has 5 heteroatoms. The fourth-order valence-electron chi connectivity index (χ4n) is 2.94. The Morgan fingerprint density at radius 2 is 2.00 bits per heavy atom. The summed E-state index contributed by atoms with van der Waals surface area (Å²) in [5.74, 6) is -0.356. The van der Waals surface area contributed by atoms with Gasteiger partial charge in [0.05, 0.1) is 5.41 Å². The Bertz CT molecular complexity index is 341. The van der Waals surface area contributed by atoms with Crippen LogP contribution in [0.2, 0.25) is 0 Å². The second-order valence-corrected chi connectivity index (χ2v) is 5.99. The Kier molecular flexibility index (Phi) is 4.45. The molecule has 2 aliphatic rings. The fraction of sp³-hybridized carbons (Fsp3) is 0.857. The molecule has 5 nitrogen and oxygen atoms in total. The highest BCUT2D eigenvalue weighted by atomic mass is 16.5. The van der Waals surface area contributed by atoms with Gasteiger partial charge in [-0.15, -0.1) is 0 Å². The van der Waals surface area contributed by atoms with E-state index in [0.717, 1.165) is 25.7 Å². The summed E-state index contributed by atoms with van der Waals surface area (Å²) in [6.07, 6.45) is 4.39. The molecule has 0 aromatic rings. The van der Waals surface area contributed by atoms with Crippen LogP contribution in [0.1, 0.15) is 45.4 Å². The number of hydrogen-bond acceptors (Lipinski definition) is 3. The van der Waals surface area contributed by atoms with Crippen molar-refractivity contribution in [3.63, 3.8) is 0 Å². The zero-order valence-corrected chi connectivity index (χ0v) is 11.5. The Hall–Kier alpha value is -1.10. The minimum Gasteiger partial charge on any atom is -0.481 e. The Morgan fingerprint density at radius 1 is 1.32 bits per heavy atom. The van der Waals surface area contributed by atoms with Crippen LogP contribution in [0.3, 0.4) is 0 Å². The van der Waals surface area contributed by atoms with Crippen LogP contribution in [-0.2, 0) is 14.3 Å². The zero-order valence-electron chi connectivity index (χ0n) is 11.5. The molecule has 1 amide bonds. The average molecular weight is 269 g/mol. The maximum absolute atomic E-state index is 11.9. The lowest BCUT2D eigenvalue weighted by molar-refractivity contribution is -0.151. The van der Waals surface area contributed by atoms with Crippen LogP contribution in [0, 0.1) is 11.3 Å². The van der Waals surface area contributed by atoms with E-state index in [-0.39, 0.29) is 18.6 Å². The molecule has 1 aliphatic heterocycles. The maximum Gasteiger partial charge on any atom is 0.311 e. The molecule has 0 radical (unpaired) electrons. The summed E-state index contributed by atoms with van der Waals surface area (Å²) in [7, 11) is 0. The number of carboxylic acids is 1. The van der Waals surface area contributed by atoms with Gasteiger partial charge in [-0.3, -0.25) is 9.59 Å². The summed E-state index contributed by atoms with van der Waals surface area (Å²) in [5.41, 5.74) is -0.777. The summed E-state index contributed by atoms with van der Waals surface area (Å²) in [4.78, 5) is 23.4. The third-order valence-corrected chi connectivity index (χ3v) is 4.51. The van der Waals surface area contributed by atoms with Crippen LogP contribution < -0.4 is 5.32 Å². The lowest BCUT2D eigenvalue weighted by Gasteiger charge is -2.36. The summed E-state index contributed by atoms with van der Waals surface area (Å²) < 4.78 is 5.31. The molecule has 0 bridgehead atoms. The topological polar surface area (TPSA) is 75.6 Å². The van der Waals surface area contributed by atoms with Gasteiger partial charge in [0.25, 0.3) is 0 Å². The summed E-state index contributed by atoms with van der Waals surface area (Å²) >= 11 is 0. The predicted molar refractivity (Wildman–Crippen MR) is 69.7 cm³/mol. The van der Waals surface area contributed by atoms with E-state index in [0.29, 0.717) is 25.4 Å². The lowest BCUT2D eigenvalue weighted by atomic mass is 9.71. The number of carbonyl (C=O) groups is 2. The van der Waals surface area contributed by atoms with Gasteiger partial charge in [0.15, 0.2) is 0 Å². The first-order valence-electron chi connectivity index (χ1n) is 7.16. The van der Waals surface area contributed by atoms with E-state index in [1.807, 2.05) is 0 Å². The minimum atomic E-state index is -0.785. The van der Waals surface area contributed by atoms with E-state index in [1.165, 1.54) is 0 Å². The molecule has 1 aliphatic carbocycles. The number of nitrogens with one attached hydrogen (secondary N) is 1. The predicted octanol–water partition coefficient (Wildman–Crippen LogP) is 1.56. The highest BCUT2D eigenvalue weighted by molar-refractivity contribution is 5.82. The van der Waals surface area contributed by atoms with E-state index in [4.69, 9.17) is 4.74 Å². The van der Waals surface area contributed by atoms with Gasteiger partial charge in [-0.25, -0.2) is 0 Å². The second-order valence-electron chi connectivity index (χ2n) is 5.99. The van der Waals surface area contributed by atoms with Crippen molar-refractivity contribution in [1.82, 2.24) is 5.32 Å². The molecular formula is C14H23NO4. The van der Waals surface area contributed by atoms with Crippen LogP contribution in [0.15, 0.2) is 0 Å². The monoisotopic (exact) mass is 269 g/mol. The molecule has 108 valence electrons. The molecule has 2 N–H and O–H groups in total. The van der Waals surface area contributed by atoms with Gasteiger partial charge in [-0.2, -0.15) is 0 Å². The van der Waals surface area contributed by atoms with Crippen molar-refractivity contribution < 1.29 is 19.4 Å². The first-order chi connectivity index (χ1) is 9.03. The van der Waals surface area contributed by atoms with Crippen molar-refractivity contribution in [2.75, 3.05) is 13.2 Å². The number of aliphatic carboxylic acids is 1. The van der Waals surface area contributed by atoms with Crippen molar-refractivity contribution in [3.05, 3.63) is 0 Å². The molecule has 1 saturated carbocycles. The van der Waals surface area contributed by atoms with Gasteiger partial charge in [-0.1, -0.05) is 6.92 Å². The molecule has 1 saturated heterocycles. The smallest absolute Gasteiger partial charge is 0.311 e. The number of amides is 1. The largest absolute Gasteiger partial charge is 0.481 e. The van der Waals surface area contributed by atoms with Gasteiger partial charge in [0.1, 0.15) is 6.10 Å². The van der Waals surface area contributed by atoms with Crippen molar-refractivity contribution in [3.8, 4) is 0 Å². The number of carboxylic acid groups (broad SMARTS) is 1. The van der Waals surface area contributed by atoms with E-state index >= 15 is 0 Å². The van der Waals surface area contributed by atoms with Crippen molar-refractivity contribution in [2.45, 2.75) is 51.6 Å². The van der Waals surface area contributed by atoms with Gasteiger partial charge >= 0.3 is 5.97 Å². The zero-order chi connectivity index (χ0) is 13.9. The maximum atomic E-state index is 11.9. The van der Waals surface area contributed by atoms with Gasteiger partial charge in [0, 0.05) is 13.2 Å². The van der Waals surface area contributed by atoms with Crippen LogP contribution in [0.4, 0.5) is 0 Å². The van der Waals surface area contributed by atoms with Crippen LogP contribution in [0.25, 0.3) is 0 Å². The molecule has 2 rings (SSSR count). The molecule has 0 aromatic carbocycles. The Morgan fingerprint density at radius 3 is 2.53 bits per heavy atom. The molecule has 0 unspecified atom stereocenters. The summed E-state index contributed by atoms with van der Waals surface area (Å²) in [5, 5.41) is 12.3. The molecule has 2 fully saturated rings. The molecule has 0 spiro atoms. The first kappa shape index (κ1) is 14.3. The van der Waals surface area contributed by atoms with E-state index < -0.39 is 11.4 Å². The number of carbonyl (C=O) groups excluding carboxylic acids is 1. The molecule has 0 aromatic heterocycles. The highest BCUT2D eigenvalue weighted by Crippen LogP contribution is 2.38. The van der Waals surface area contributed by atoms with Crippen molar-refractivity contribution in [1.29, 1.82) is 0 Å². The lowest BCUT2D eigenvalue weighted by Crippen LogP contribution is -2.47. The quantitative estimate of drug-likeness (QED) is 0.812. The SMILES string of the molecule is CC1CCC(CNC(=O)[C@H]2CCCO2)(C(=O)O)CC1. The van der Waals surface area contributed by atoms with Crippen LogP contribution >= 0.6 is 0 Å². The molecule has 1 heterocycles. The Balaban J connectivity index is 1.90. The second kappa shape index (κ2) is 5.90. The van der Waals surface area contributed by atoms with Gasteiger partial charge < -0.3 is 15.2 Å². The number of ether oxygens (including phenoxy) is 1. The van der Waals surface area contributed by atoms with Crippen LogP contribution in [-0.4, -0.2) is 36.2 Å². The highest BCUT2D eigenvalue weighted by Gasteiger charge is 2.41. The van der Waals surface area contributed by atoms with E-state index in [2.05, 4.69) is 12.2 Å². The van der Waals surface area contributed by atoms with E-state index in [9.17, 15) is 14.7 Å². The van der Waals surface area contributed by atoms with Gasteiger partial charge in [0.2, 0.25) is 5.91 Å². The Labute approximate surface area is 113 Å². The van der Waals surface area contributed by atoms with Crippen molar-refractivity contribution in [2.24, 2.45) is 11.3 Å². The third kappa shape index (κ3) is 3.26. The summed E-state index contributed by atoms with van der Waals surface area (Å²) in [6, 6.07) is 0. The summed E-state index contributed by atoms with van der Waals surface area (Å²) in [6.45, 7) is 3.00. The molecular weight excluding hydrogens is 246 g/mol. The fourth-order valence-corrected chi connectivity index (χ4v) is 2.94. The molecule has 1 atom stereocenters. The first-order valence-corrected chi connectivity index (χ1v) is 7.16.